The zero-order chi connectivity index (χ0) is 24.8. The van der Waals surface area contributed by atoms with Gasteiger partial charge in [0.2, 0.25) is 21.8 Å². The number of hydrogen-bond donors (Lipinski definition) is 1. The van der Waals surface area contributed by atoms with Crippen molar-refractivity contribution in [2.45, 2.75) is 33.4 Å². The summed E-state index contributed by atoms with van der Waals surface area (Å²) in [5.74, 6) is -0.514. The van der Waals surface area contributed by atoms with Crippen LogP contribution in [-0.2, 0) is 26.2 Å². The number of para-hydroxylation sites is 1. The highest BCUT2D eigenvalue weighted by molar-refractivity contribution is 9.10. The van der Waals surface area contributed by atoms with Gasteiger partial charge in [0.15, 0.2) is 0 Å². The molecule has 0 spiro atoms. The molecule has 2 aromatic carbocycles. The number of halogens is 2. The molecule has 0 aliphatic carbocycles. The predicted octanol–water partition coefficient (Wildman–Crippen LogP) is 4.17. The van der Waals surface area contributed by atoms with E-state index in [4.69, 9.17) is 0 Å². The summed E-state index contributed by atoms with van der Waals surface area (Å²) in [5, 5.41) is 2.86. The number of nitrogens with one attached hydrogen (secondary N) is 1. The second-order valence-corrected chi connectivity index (χ2v) is 11.9. The molecule has 33 heavy (non-hydrogen) atoms. The van der Waals surface area contributed by atoms with Crippen molar-refractivity contribution in [2.24, 2.45) is 5.92 Å². The lowest BCUT2D eigenvalue weighted by molar-refractivity contribution is -0.139. The Morgan fingerprint density at radius 1 is 1.00 bits per heavy atom. The fourth-order valence-electron chi connectivity index (χ4n) is 3.07. The Hall–Kier alpha value is -1.91. The van der Waals surface area contributed by atoms with Crippen LogP contribution in [0.1, 0.15) is 26.3 Å². The minimum Gasteiger partial charge on any atom is -0.354 e. The molecule has 0 aliphatic rings. The highest BCUT2D eigenvalue weighted by Crippen LogP contribution is 2.28. The van der Waals surface area contributed by atoms with Crippen molar-refractivity contribution < 1.29 is 18.0 Å². The summed E-state index contributed by atoms with van der Waals surface area (Å²) in [7, 11) is -3.77. The summed E-state index contributed by atoms with van der Waals surface area (Å²) >= 11 is 6.76. The normalized spacial score (nSPS) is 12.3. The third kappa shape index (κ3) is 8.12. The Kier molecular flexibility index (Phi) is 9.93. The molecule has 0 heterocycles. The van der Waals surface area contributed by atoms with E-state index in [1.54, 1.807) is 31.2 Å². The van der Waals surface area contributed by atoms with Crippen molar-refractivity contribution in [1.82, 2.24) is 10.2 Å². The zero-order valence-electron chi connectivity index (χ0n) is 19.1. The topological polar surface area (TPSA) is 86.8 Å². The van der Waals surface area contributed by atoms with Crippen LogP contribution in [0.3, 0.4) is 0 Å². The Morgan fingerprint density at radius 3 is 2.15 bits per heavy atom. The van der Waals surface area contributed by atoms with Crippen LogP contribution in [-0.4, -0.2) is 50.5 Å². The van der Waals surface area contributed by atoms with E-state index in [-0.39, 0.29) is 18.4 Å². The number of rotatable bonds is 10. The lowest BCUT2D eigenvalue weighted by Crippen LogP contribution is -2.51. The van der Waals surface area contributed by atoms with Gasteiger partial charge in [-0.05, 0) is 58.6 Å². The van der Waals surface area contributed by atoms with Crippen molar-refractivity contribution >= 4 is 59.4 Å². The van der Waals surface area contributed by atoms with Crippen LogP contribution in [0.25, 0.3) is 0 Å². The molecule has 0 bridgehead atoms. The Bertz CT molecular complexity index is 1080. The number of anilines is 1. The number of carbonyl (C=O) groups is 2. The molecule has 7 nitrogen and oxygen atoms in total. The first-order valence-electron chi connectivity index (χ1n) is 10.4. The van der Waals surface area contributed by atoms with E-state index in [0.717, 1.165) is 20.6 Å². The molecule has 0 saturated carbocycles. The first-order chi connectivity index (χ1) is 15.4. The highest BCUT2D eigenvalue weighted by atomic mass is 79.9. The highest BCUT2D eigenvalue weighted by Gasteiger charge is 2.30. The SMILES string of the molecule is CC(C)CNC(=O)[C@H](C)N(Cc1ccc(Br)cc1)C(=O)CN(c1ccccc1Br)S(C)(=O)=O. The molecule has 2 rings (SSSR count). The summed E-state index contributed by atoms with van der Waals surface area (Å²) in [6.45, 7) is 5.83. The quantitative estimate of drug-likeness (QED) is 0.442. The predicted molar refractivity (Wildman–Crippen MR) is 138 cm³/mol. The van der Waals surface area contributed by atoms with E-state index in [1.807, 2.05) is 38.1 Å². The van der Waals surface area contributed by atoms with Gasteiger partial charge < -0.3 is 10.2 Å². The Morgan fingerprint density at radius 2 is 1.61 bits per heavy atom. The van der Waals surface area contributed by atoms with E-state index in [0.29, 0.717) is 16.7 Å². The lowest BCUT2D eigenvalue weighted by atomic mass is 10.1. The first-order valence-corrected chi connectivity index (χ1v) is 13.9. The summed E-state index contributed by atoms with van der Waals surface area (Å²) in [4.78, 5) is 27.7. The molecule has 10 heteroatoms. The molecular formula is C23H29Br2N3O4S. The third-order valence-electron chi connectivity index (χ3n) is 4.92. The standard InChI is InChI=1S/C23H29Br2N3O4S/c1-16(2)13-26-23(30)17(3)27(14-18-9-11-19(24)12-10-18)22(29)15-28(33(4,31)32)21-8-6-5-7-20(21)25/h5-12,16-17H,13-15H2,1-4H3,(H,26,30)/t17-/m0/s1. The maximum absolute atomic E-state index is 13.5. The van der Waals surface area contributed by atoms with Crippen LogP contribution in [0.2, 0.25) is 0 Å². The first kappa shape index (κ1) is 27.3. The van der Waals surface area contributed by atoms with E-state index in [2.05, 4.69) is 37.2 Å². The zero-order valence-corrected chi connectivity index (χ0v) is 23.1. The molecule has 0 saturated heterocycles. The molecule has 0 unspecified atom stereocenters. The average molecular weight is 603 g/mol. The molecule has 0 aliphatic heterocycles. The Balaban J connectivity index is 2.36. The van der Waals surface area contributed by atoms with E-state index < -0.39 is 28.5 Å². The van der Waals surface area contributed by atoms with Crippen LogP contribution in [0.4, 0.5) is 5.69 Å². The number of hydrogen-bond acceptors (Lipinski definition) is 4. The monoisotopic (exact) mass is 601 g/mol. The summed E-state index contributed by atoms with van der Waals surface area (Å²) in [6.07, 6.45) is 1.05. The minimum atomic E-state index is -3.77. The molecule has 180 valence electrons. The number of benzene rings is 2. The van der Waals surface area contributed by atoms with Gasteiger partial charge in [-0.2, -0.15) is 0 Å². The summed E-state index contributed by atoms with van der Waals surface area (Å²) in [5.41, 5.74) is 1.18. The maximum Gasteiger partial charge on any atom is 0.244 e. The average Bonchev–Trinajstić information content (AvgIpc) is 2.74. The molecular weight excluding hydrogens is 574 g/mol. The van der Waals surface area contributed by atoms with Crippen molar-refractivity contribution in [1.29, 1.82) is 0 Å². The fraction of sp³-hybridized carbons (Fsp3) is 0.391. The molecule has 0 radical (unpaired) electrons. The lowest BCUT2D eigenvalue weighted by Gasteiger charge is -2.32. The van der Waals surface area contributed by atoms with Crippen molar-refractivity contribution in [3.05, 3.63) is 63.0 Å². The van der Waals surface area contributed by atoms with Gasteiger partial charge in [-0.25, -0.2) is 8.42 Å². The molecule has 1 N–H and O–H groups in total. The van der Waals surface area contributed by atoms with Crippen LogP contribution in [0.15, 0.2) is 57.5 Å². The second-order valence-electron chi connectivity index (χ2n) is 8.18. The van der Waals surface area contributed by atoms with E-state index in [9.17, 15) is 18.0 Å². The molecule has 0 fully saturated rings. The molecule has 0 aromatic heterocycles. The van der Waals surface area contributed by atoms with Crippen LogP contribution in [0.5, 0.6) is 0 Å². The van der Waals surface area contributed by atoms with Crippen LogP contribution in [0, 0.1) is 5.92 Å². The Labute approximate surface area is 212 Å². The van der Waals surface area contributed by atoms with Crippen molar-refractivity contribution in [2.75, 3.05) is 23.7 Å². The molecule has 2 amide bonds. The minimum absolute atomic E-state index is 0.163. The van der Waals surface area contributed by atoms with Crippen molar-refractivity contribution in [3.8, 4) is 0 Å². The summed E-state index contributed by atoms with van der Waals surface area (Å²) < 4.78 is 27.6. The van der Waals surface area contributed by atoms with Gasteiger partial charge in [-0.1, -0.05) is 54.0 Å². The van der Waals surface area contributed by atoms with Crippen LogP contribution >= 0.6 is 31.9 Å². The fourth-order valence-corrected chi connectivity index (χ4v) is 4.81. The smallest absolute Gasteiger partial charge is 0.244 e. The van der Waals surface area contributed by atoms with Gasteiger partial charge >= 0.3 is 0 Å². The number of nitrogens with zero attached hydrogens (tertiary/aromatic N) is 2. The van der Waals surface area contributed by atoms with E-state index in [1.165, 1.54) is 4.90 Å². The van der Waals surface area contributed by atoms with Crippen molar-refractivity contribution in [3.63, 3.8) is 0 Å². The molecule has 1 atom stereocenters. The van der Waals surface area contributed by atoms with Crippen LogP contribution < -0.4 is 9.62 Å². The van der Waals surface area contributed by atoms with Gasteiger partial charge in [-0.15, -0.1) is 0 Å². The van der Waals surface area contributed by atoms with Gasteiger partial charge in [0.1, 0.15) is 12.6 Å². The summed E-state index contributed by atoms with van der Waals surface area (Å²) in [6, 6.07) is 13.4. The third-order valence-corrected chi connectivity index (χ3v) is 7.24. The number of amides is 2. The van der Waals surface area contributed by atoms with Gasteiger partial charge in [-0.3, -0.25) is 13.9 Å². The maximum atomic E-state index is 13.5. The van der Waals surface area contributed by atoms with Gasteiger partial charge in [0.05, 0.1) is 11.9 Å². The number of carbonyl (C=O) groups excluding carboxylic acids is 2. The van der Waals surface area contributed by atoms with Gasteiger partial charge in [0.25, 0.3) is 0 Å². The second kappa shape index (κ2) is 12.0. The molecule has 2 aromatic rings. The number of sulfonamides is 1. The van der Waals surface area contributed by atoms with E-state index >= 15 is 0 Å². The van der Waals surface area contributed by atoms with Gasteiger partial charge in [0, 0.05) is 22.0 Å². The largest absolute Gasteiger partial charge is 0.354 e.